The van der Waals surface area contributed by atoms with Crippen LogP contribution in [0.5, 0.6) is 0 Å². The Kier molecular flexibility index (Phi) is 4.10. The molecule has 0 heterocycles. The first kappa shape index (κ1) is 10.9. The molecule has 0 saturated heterocycles. The molecule has 1 aromatic rings. The lowest BCUT2D eigenvalue weighted by Gasteiger charge is -2.03. The molecule has 0 N–H and O–H groups in total. The van der Waals surface area contributed by atoms with Gasteiger partial charge >= 0.3 is 0 Å². The molecule has 0 unspecified atom stereocenters. The van der Waals surface area contributed by atoms with Crippen LogP contribution in [0.3, 0.4) is 0 Å². The van der Waals surface area contributed by atoms with E-state index < -0.39 is 0 Å². The van der Waals surface area contributed by atoms with Gasteiger partial charge in [0.05, 0.1) is 5.02 Å². The minimum absolute atomic E-state index is 0.724. The second-order valence-electron chi connectivity index (χ2n) is 2.35. The first-order chi connectivity index (χ1) is 6.13. The van der Waals surface area contributed by atoms with Crippen LogP contribution in [0.1, 0.15) is 0 Å². The summed E-state index contributed by atoms with van der Waals surface area (Å²) >= 11 is 10.9. The van der Waals surface area contributed by atoms with Gasteiger partial charge in [0.1, 0.15) is 0 Å². The number of hydrogen-bond donors (Lipinski definition) is 0. The fourth-order valence-electron chi connectivity index (χ4n) is 0.741. The lowest BCUT2D eigenvalue weighted by Crippen LogP contribution is -1.74. The Labute approximate surface area is 95.8 Å². The van der Waals surface area contributed by atoms with Gasteiger partial charge in [-0.05, 0) is 18.2 Å². The zero-order valence-electron chi connectivity index (χ0n) is 6.89. The predicted molar refractivity (Wildman–Crippen MR) is 64.3 cm³/mol. The van der Waals surface area contributed by atoms with E-state index in [4.69, 9.17) is 11.6 Å². The molecule has 0 aromatic heterocycles. The molecule has 0 aliphatic rings. The highest BCUT2D eigenvalue weighted by atomic mass is 79.9. The number of halogens is 2. The number of hydrogen-bond acceptors (Lipinski definition) is 1. The summed E-state index contributed by atoms with van der Waals surface area (Å²) in [6.45, 7) is 7.44. The molecule has 68 valence electrons. The Balaban J connectivity index is 2.89. The third-order valence-electron chi connectivity index (χ3n) is 1.36. The molecule has 0 atom stereocenters. The maximum atomic E-state index is 6.00. The lowest BCUT2D eigenvalue weighted by molar-refractivity contribution is 1.45. The maximum Gasteiger partial charge on any atom is 0.0556 e. The Morgan fingerprint density at radius 3 is 2.77 bits per heavy atom. The zero-order valence-corrected chi connectivity index (χ0v) is 10.0. The van der Waals surface area contributed by atoms with Crippen molar-refractivity contribution in [3.8, 4) is 0 Å². The smallest absolute Gasteiger partial charge is 0.0556 e. The van der Waals surface area contributed by atoms with Gasteiger partial charge in [0.25, 0.3) is 0 Å². The van der Waals surface area contributed by atoms with Crippen molar-refractivity contribution in [1.82, 2.24) is 0 Å². The van der Waals surface area contributed by atoms with Crippen LogP contribution < -0.4 is 0 Å². The second kappa shape index (κ2) is 4.89. The van der Waals surface area contributed by atoms with Gasteiger partial charge < -0.3 is 0 Å². The molecule has 0 spiro atoms. The highest BCUT2D eigenvalue weighted by molar-refractivity contribution is 9.10. The highest BCUT2D eigenvalue weighted by Crippen LogP contribution is 2.33. The van der Waals surface area contributed by atoms with Crippen LogP contribution in [0.4, 0.5) is 0 Å². The summed E-state index contributed by atoms with van der Waals surface area (Å²) < 4.78 is 0.978. The largest absolute Gasteiger partial charge is 0.0980 e. The van der Waals surface area contributed by atoms with Crippen molar-refractivity contribution in [3.05, 3.63) is 51.8 Å². The van der Waals surface area contributed by atoms with E-state index in [0.29, 0.717) is 0 Å². The Bertz CT molecular complexity index is 347. The van der Waals surface area contributed by atoms with Crippen LogP contribution in [0.25, 0.3) is 0 Å². The maximum absolute atomic E-state index is 6.00. The Hall–Kier alpha value is -0.180. The standard InChI is InChI=1S/C10H8BrClS/c1-3-7(2)13-10-5-4-8(11)6-9(10)12/h3-6H,1-2H2. The molecule has 0 radical (unpaired) electrons. The average molecular weight is 276 g/mol. The SMILES string of the molecule is C=CC(=C)Sc1ccc(Br)cc1Cl. The molecule has 0 aliphatic carbocycles. The summed E-state index contributed by atoms with van der Waals surface area (Å²) in [6.07, 6.45) is 1.71. The van der Waals surface area contributed by atoms with Gasteiger partial charge in [-0.3, -0.25) is 0 Å². The minimum Gasteiger partial charge on any atom is -0.0980 e. The summed E-state index contributed by atoms with van der Waals surface area (Å²) in [4.78, 5) is 1.89. The van der Waals surface area contributed by atoms with Crippen LogP contribution >= 0.6 is 39.3 Å². The summed E-state index contributed by atoms with van der Waals surface area (Å²) in [5.41, 5.74) is 0. The molecule has 0 fully saturated rings. The molecule has 0 aliphatic heterocycles. The number of rotatable bonds is 3. The molecule has 1 aromatic carbocycles. The van der Waals surface area contributed by atoms with Gasteiger partial charge in [0.15, 0.2) is 0 Å². The van der Waals surface area contributed by atoms with Crippen molar-refractivity contribution in [1.29, 1.82) is 0 Å². The Morgan fingerprint density at radius 2 is 2.23 bits per heavy atom. The van der Waals surface area contributed by atoms with Gasteiger partial charge in [-0.25, -0.2) is 0 Å². The minimum atomic E-state index is 0.724. The van der Waals surface area contributed by atoms with Crippen molar-refractivity contribution in [2.24, 2.45) is 0 Å². The predicted octanol–water partition coefficient (Wildman–Crippen LogP) is 4.89. The van der Waals surface area contributed by atoms with Crippen LogP contribution in [0, 0.1) is 0 Å². The normalized spacial score (nSPS) is 9.69. The number of allylic oxidation sites excluding steroid dienone is 1. The first-order valence-corrected chi connectivity index (χ1v) is 5.56. The summed E-state index contributed by atoms with van der Waals surface area (Å²) in [6, 6.07) is 5.76. The fraction of sp³-hybridized carbons (Fsp3) is 0. The first-order valence-electron chi connectivity index (χ1n) is 3.57. The highest BCUT2D eigenvalue weighted by Gasteiger charge is 2.01. The quantitative estimate of drug-likeness (QED) is 0.559. The molecule has 3 heteroatoms. The van der Waals surface area contributed by atoms with E-state index in [1.54, 1.807) is 6.08 Å². The second-order valence-corrected chi connectivity index (χ2v) is 4.84. The van der Waals surface area contributed by atoms with Crippen LogP contribution in [0.15, 0.2) is 51.7 Å². The molecule has 0 amide bonds. The molecule has 0 saturated carbocycles. The van der Waals surface area contributed by atoms with Crippen molar-refractivity contribution >= 4 is 39.3 Å². The van der Waals surface area contributed by atoms with E-state index in [1.165, 1.54) is 11.8 Å². The fourth-order valence-corrected chi connectivity index (χ4v) is 2.19. The molecule has 1 rings (SSSR count). The molecular formula is C10H8BrClS. The van der Waals surface area contributed by atoms with E-state index in [9.17, 15) is 0 Å². The summed E-state index contributed by atoms with van der Waals surface area (Å²) in [7, 11) is 0. The van der Waals surface area contributed by atoms with Gasteiger partial charge in [0.2, 0.25) is 0 Å². The van der Waals surface area contributed by atoms with Crippen LogP contribution in [0.2, 0.25) is 5.02 Å². The third kappa shape index (κ3) is 3.22. The van der Waals surface area contributed by atoms with Gasteiger partial charge in [-0.15, -0.1) is 0 Å². The van der Waals surface area contributed by atoms with Gasteiger partial charge in [-0.2, -0.15) is 0 Å². The van der Waals surface area contributed by atoms with Gasteiger partial charge in [-0.1, -0.05) is 58.5 Å². The van der Waals surface area contributed by atoms with Crippen LogP contribution in [-0.4, -0.2) is 0 Å². The van der Waals surface area contributed by atoms with E-state index >= 15 is 0 Å². The van der Waals surface area contributed by atoms with E-state index in [1.807, 2.05) is 18.2 Å². The van der Waals surface area contributed by atoms with Crippen molar-refractivity contribution in [2.45, 2.75) is 4.90 Å². The van der Waals surface area contributed by atoms with Crippen molar-refractivity contribution < 1.29 is 0 Å². The number of benzene rings is 1. The van der Waals surface area contributed by atoms with E-state index in [2.05, 4.69) is 29.1 Å². The topological polar surface area (TPSA) is 0 Å². The molecular weight excluding hydrogens is 268 g/mol. The van der Waals surface area contributed by atoms with Gasteiger partial charge in [0, 0.05) is 14.3 Å². The monoisotopic (exact) mass is 274 g/mol. The molecule has 0 nitrogen and oxygen atoms in total. The van der Waals surface area contributed by atoms with E-state index in [-0.39, 0.29) is 0 Å². The molecule has 13 heavy (non-hydrogen) atoms. The third-order valence-corrected chi connectivity index (χ3v) is 3.29. The summed E-state index contributed by atoms with van der Waals surface area (Å²) in [5.74, 6) is 0. The number of thioether (sulfide) groups is 1. The van der Waals surface area contributed by atoms with Crippen molar-refractivity contribution in [2.75, 3.05) is 0 Å². The lowest BCUT2D eigenvalue weighted by atomic mass is 10.4. The summed E-state index contributed by atoms with van der Waals surface area (Å²) in [5, 5.41) is 0.724. The Morgan fingerprint density at radius 1 is 1.54 bits per heavy atom. The van der Waals surface area contributed by atoms with Crippen LogP contribution in [-0.2, 0) is 0 Å². The van der Waals surface area contributed by atoms with Crippen molar-refractivity contribution in [3.63, 3.8) is 0 Å². The zero-order chi connectivity index (χ0) is 9.84. The van der Waals surface area contributed by atoms with E-state index in [0.717, 1.165) is 19.3 Å². The average Bonchev–Trinajstić information content (AvgIpc) is 2.09. The molecule has 0 bridgehead atoms.